The van der Waals surface area contributed by atoms with E-state index in [2.05, 4.69) is 10.6 Å². The Balaban J connectivity index is 2.03. The molecule has 0 aliphatic carbocycles. The number of nitrogens with zero attached hydrogens (tertiary/aromatic N) is 1. The molecule has 11 heteroatoms. The smallest absolute Gasteiger partial charge is 0.384 e. The Hall–Kier alpha value is -2.43. The summed E-state index contributed by atoms with van der Waals surface area (Å²) in [6.45, 7) is 2.69. The number of benzene rings is 1. The van der Waals surface area contributed by atoms with Crippen LogP contribution >= 0.6 is 0 Å². The van der Waals surface area contributed by atoms with E-state index in [9.17, 15) is 36.2 Å². The molecule has 1 amide bonds. The summed E-state index contributed by atoms with van der Waals surface area (Å²) in [5, 5.41) is 14.4. The van der Waals surface area contributed by atoms with Gasteiger partial charge >= 0.3 is 12.4 Å². The molecule has 29 heavy (non-hydrogen) atoms. The molecule has 162 valence electrons. The molecule has 0 aromatic heterocycles. The number of carbonyl (C=O) groups excluding carboxylic acids is 1. The molecule has 3 N–H and O–H groups in total. The second-order valence-electron chi connectivity index (χ2n) is 7.22. The lowest BCUT2D eigenvalue weighted by molar-refractivity contribution is -0.208. The second kappa shape index (κ2) is 8.13. The minimum absolute atomic E-state index is 0.222. The average Bonchev–Trinajstić information content (AvgIpc) is 2.99. The number of amides is 1. The van der Waals surface area contributed by atoms with Crippen LogP contribution in [0, 0.1) is 0 Å². The molecule has 1 aromatic carbocycles. The summed E-state index contributed by atoms with van der Waals surface area (Å²) in [4.78, 5) is 13.6. The summed E-state index contributed by atoms with van der Waals surface area (Å²) >= 11 is 0. The van der Waals surface area contributed by atoms with Gasteiger partial charge in [-0.2, -0.15) is 26.3 Å². The molecule has 0 bridgehead atoms. The highest BCUT2D eigenvalue weighted by atomic mass is 19.4. The molecule has 0 saturated carbocycles. The van der Waals surface area contributed by atoms with Gasteiger partial charge in [-0.1, -0.05) is 12.1 Å². The summed E-state index contributed by atoms with van der Waals surface area (Å²) < 4.78 is 76.4. The van der Waals surface area contributed by atoms with E-state index in [1.165, 1.54) is 43.3 Å². The molecule has 5 nitrogen and oxygen atoms in total. The van der Waals surface area contributed by atoms with Crippen molar-refractivity contribution < 1.29 is 36.2 Å². The van der Waals surface area contributed by atoms with E-state index in [0.29, 0.717) is 0 Å². The van der Waals surface area contributed by atoms with E-state index < -0.39 is 48.1 Å². The lowest BCUT2D eigenvalue weighted by Crippen LogP contribution is -2.49. The standard InChI is InChI=1S/C18H21F6N3O2/c1-16(2,11-4-3-5-12(8-11)17(19,20)21)26-15(29)10-27-7-6-25-14(27)9-13(28)18(22,23)24/h3-8,13-14,25,28H,9-10H2,1-2H3,(H,26,29). The van der Waals surface area contributed by atoms with Crippen molar-refractivity contribution in [2.24, 2.45) is 0 Å². The van der Waals surface area contributed by atoms with E-state index in [4.69, 9.17) is 0 Å². The van der Waals surface area contributed by atoms with Gasteiger partial charge in [0.05, 0.1) is 17.6 Å². The number of aliphatic hydroxyl groups is 1. The van der Waals surface area contributed by atoms with E-state index in [-0.39, 0.29) is 12.1 Å². The topological polar surface area (TPSA) is 64.6 Å². The Morgan fingerprint density at radius 1 is 1.21 bits per heavy atom. The van der Waals surface area contributed by atoms with Crippen molar-refractivity contribution in [1.29, 1.82) is 0 Å². The fraction of sp³-hybridized carbons (Fsp3) is 0.500. The SMILES string of the molecule is CC(C)(NC(=O)CN1C=CNC1CC(O)C(F)(F)F)c1cccc(C(F)(F)F)c1. The predicted molar refractivity (Wildman–Crippen MR) is 92.1 cm³/mol. The van der Waals surface area contributed by atoms with Crippen LogP contribution in [0.5, 0.6) is 0 Å². The molecule has 1 heterocycles. The molecular formula is C18H21F6N3O2. The maximum atomic E-state index is 12.9. The Morgan fingerprint density at radius 3 is 2.41 bits per heavy atom. The molecule has 1 aliphatic rings. The Bertz CT molecular complexity index is 761. The number of aliphatic hydroxyl groups excluding tert-OH is 1. The van der Waals surface area contributed by atoms with Crippen molar-refractivity contribution in [1.82, 2.24) is 15.5 Å². The van der Waals surface area contributed by atoms with E-state index >= 15 is 0 Å². The van der Waals surface area contributed by atoms with Crippen LogP contribution in [0.3, 0.4) is 0 Å². The zero-order valence-electron chi connectivity index (χ0n) is 15.6. The molecule has 0 fully saturated rings. The zero-order chi connectivity index (χ0) is 22.0. The van der Waals surface area contributed by atoms with Crippen LogP contribution in [-0.2, 0) is 16.5 Å². The molecule has 2 atom stereocenters. The lowest BCUT2D eigenvalue weighted by Gasteiger charge is -2.31. The second-order valence-corrected chi connectivity index (χ2v) is 7.22. The first-order valence-corrected chi connectivity index (χ1v) is 8.62. The molecule has 0 saturated heterocycles. The summed E-state index contributed by atoms with van der Waals surface area (Å²) in [6.07, 6.45) is -10.8. The van der Waals surface area contributed by atoms with Gasteiger partial charge in [0.2, 0.25) is 5.91 Å². The van der Waals surface area contributed by atoms with Gasteiger partial charge in [-0.25, -0.2) is 0 Å². The molecule has 2 unspecified atom stereocenters. The van der Waals surface area contributed by atoms with Crippen molar-refractivity contribution in [2.75, 3.05) is 6.54 Å². The summed E-state index contributed by atoms with van der Waals surface area (Å²) in [6, 6.07) is 4.52. The van der Waals surface area contributed by atoms with Crippen molar-refractivity contribution in [2.45, 2.75) is 50.4 Å². The number of hydrogen-bond acceptors (Lipinski definition) is 4. The van der Waals surface area contributed by atoms with Crippen LogP contribution in [0.2, 0.25) is 0 Å². The van der Waals surface area contributed by atoms with Gasteiger partial charge in [-0.3, -0.25) is 4.79 Å². The van der Waals surface area contributed by atoms with E-state index in [1.54, 1.807) is 0 Å². The van der Waals surface area contributed by atoms with Crippen LogP contribution in [0.25, 0.3) is 0 Å². The quantitative estimate of drug-likeness (QED) is 0.613. The maximum Gasteiger partial charge on any atom is 0.416 e. The first kappa shape index (κ1) is 22.9. The van der Waals surface area contributed by atoms with Gasteiger partial charge < -0.3 is 20.6 Å². The molecular weight excluding hydrogens is 404 g/mol. The Kier molecular flexibility index (Phi) is 6.41. The molecule has 2 rings (SSSR count). The van der Waals surface area contributed by atoms with Crippen LogP contribution in [0.15, 0.2) is 36.7 Å². The number of rotatable bonds is 6. The number of halogens is 6. The van der Waals surface area contributed by atoms with E-state index in [0.717, 1.165) is 12.1 Å². The first-order valence-electron chi connectivity index (χ1n) is 8.62. The monoisotopic (exact) mass is 425 g/mol. The average molecular weight is 425 g/mol. The van der Waals surface area contributed by atoms with Gasteiger partial charge in [0.25, 0.3) is 0 Å². The minimum atomic E-state index is -4.79. The van der Waals surface area contributed by atoms with Crippen LogP contribution in [0.1, 0.15) is 31.4 Å². The number of hydrogen-bond donors (Lipinski definition) is 3. The van der Waals surface area contributed by atoms with E-state index in [1.807, 2.05) is 0 Å². The van der Waals surface area contributed by atoms with Gasteiger partial charge in [-0.15, -0.1) is 0 Å². The largest absolute Gasteiger partial charge is 0.416 e. The highest BCUT2D eigenvalue weighted by Gasteiger charge is 2.41. The summed E-state index contributed by atoms with van der Waals surface area (Å²) in [5.74, 6) is -0.604. The lowest BCUT2D eigenvalue weighted by atomic mass is 9.92. The number of nitrogens with one attached hydrogen (secondary N) is 2. The Morgan fingerprint density at radius 2 is 1.83 bits per heavy atom. The van der Waals surface area contributed by atoms with Gasteiger partial charge in [-0.05, 0) is 31.5 Å². The number of alkyl halides is 6. The van der Waals surface area contributed by atoms with Gasteiger partial charge in [0.15, 0.2) is 6.10 Å². The van der Waals surface area contributed by atoms with Crippen molar-refractivity contribution >= 4 is 5.91 Å². The Labute approximate surface area is 163 Å². The highest BCUT2D eigenvalue weighted by Crippen LogP contribution is 2.32. The van der Waals surface area contributed by atoms with Gasteiger partial charge in [0.1, 0.15) is 6.17 Å². The van der Waals surface area contributed by atoms with Crippen molar-refractivity contribution in [3.8, 4) is 0 Å². The third-order valence-corrected chi connectivity index (χ3v) is 4.47. The van der Waals surface area contributed by atoms with Crippen LogP contribution in [0.4, 0.5) is 26.3 Å². The predicted octanol–water partition coefficient (Wildman–Crippen LogP) is 3.07. The fourth-order valence-corrected chi connectivity index (χ4v) is 2.87. The first-order chi connectivity index (χ1) is 13.2. The molecule has 0 spiro atoms. The zero-order valence-corrected chi connectivity index (χ0v) is 15.6. The van der Waals surface area contributed by atoms with Gasteiger partial charge in [0, 0.05) is 18.8 Å². The van der Waals surface area contributed by atoms with Crippen molar-refractivity contribution in [3.63, 3.8) is 0 Å². The fourth-order valence-electron chi connectivity index (χ4n) is 2.87. The summed E-state index contributed by atoms with van der Waals surface area (Å²) in [5.41, 5.74) is -1.79. The summed E-state index contributed by atoms with van der Waals surface area (Å²) in [7, 11) is 0. The highest BCUT2D eigenvalue weighted by molar-refractivity contribution is 5.79. The number of carbonyl (C=O) groups is 1. The van der Waals surface area contributed by atoms with Crippen molar-refractivity contribution in [3.05, 3.63) is 47.8 Å². The molecule has 0 radical (unpaired) electrons. The minimum Gasteiger partial charge on any atom is -0.384 e. The normalized spacial score (nSPS) is 18.5. The third-order valence-electron chi connectivity index (χ3n) is 4.47. The third kappa shape index (κ3) is 6.02. The maximum absolute atomic E-state index is 12.9. The molecule has 1 aromatic rings. The molecule has 1 aliphatic heterocycles. The van der Waals surface area contributed by atoms with Crippen LogP contribution in [-0.4, -0.2) is 40.9 Å². The van der Waals surface area contributed by atoms with Crippen LogP contribution < -0.4 is 10.6 Å².